The lowest BCUT2D eigenvalue weighted by Gasteiger charge is -2.43. The van der Waals surface area contributed by atoms with Crippen LogP contribution in [0.4, 0.5) is 0 Å². The highest BCUT2D eigenvalue weighted by atomic mass is 16.5. The van der Waals surface area contributed by atoms with Gasteiger partial charge >= 0.3 is 0 Å². The minimum atomic E-state index is -0.100. The van der Waals surface area contributed by atoms with Gasteiger partial charge < -0.3 is 14.8 Å². The van der Waals surface area contributed by atoms with Gasteiger partial charge in [0.1, 0.15) is 6.61 Å². The topological polar surface area (TPSA) is 50.8 Å². The van der Waals surface area contributed by atoms with Crippen LogP contribution in [0.25, 0.3) is 0 Å². The molecule has 0 aliphatic carbocycles. The van der Waals surface area contributed by atoms with Crippen molar-refractivity contribution in [3.63, 3.8) is 0 Å². The lowest BCUT2D eigenvalue weighted by atomic mass is 9.93. The van der Waals surface area contributed by atoms with Gasteiger partial charge in [-0.25, -0.2) is 0 Å². The molecule has 1 saturated heterocycles. The molecule has 1 atom stereocenters. The van der Waals surface area contributed by atoms with Crippen molar-refractivity contribution < 1.29 is 14.3 Å². The number of nitrogens with one attached hydrogen (secondary N) is 1. The largest absolute Gasteiger partial charge is 0.493 e. The molecule has 2 rings (SSSR count). The predicted octanol–water partition coefficient (Wildman–Crippen LogP) is 3.50. The highest BCUT2D eigenvalue weighted by Crippen LogP contribution is 2.28. The van der Waals surface area contributed by atoms with Gasteiger partial charge in [-0.3, -0.25) is 9.69 Å². The van der Waals surface area contributed by atoms with Gasteiger partial charge in [0.25, 0.3) is 5.91 Å². The van der Waals surface area contributed by atoms with Crippen LogP contribution < -0.4 is 14.8 Å². The zero-order valence-corrected chi connectivity index (χ0v) is 16.5. The van der Waals surface area contributed by atoms with Gasteiger partial charge in [0.05, 0.1) is 7.11 Å². The number of carbonyl (C=O) groups is 1. The fraction of sp³-hybridized carbons (Fsp3) is 0.571. The van der Waals surface area contributed by atoms with E-state index in [1.165, 1.54) is 12.8 Å². The summed E-state index contributed by atoms with van der Waals surface area (Å²) in [6.07, 6.45) is 4.19. The fourth-order valence-electron chi connectivity index (χ4n) is 3.33. The Labute approximate surface area is 157 Å². The van der Waals surface area contributed by atoms with E-state index >= 15 is 0 Å². The van der Waals surface area contributed by atoms with Gasteiger partial charge in [-0.2, -0.15) is 0 Å². The fourth-order valence-corrected chi connectivity index (χ4v) is 3.33. The van der Waals surface area contributed by atoms with Crippen LogP contribution in [0.1, 0.15) is 44.0 Å². The monoisotopic (exact) mass is 360 g/mol. The molecule has 0 radical (unpaired) electrons. The van der Waals surface area contributed by atoms with Crippen molar-refractivity contribution in [1.29, 1.82) is 0 Å². The Kier molecular flexibility index (Phi) is 7.09. The van der Waals surface area contributed by atoms with Crippen LogP contribution in [0.15, 0.2) is 30.9 Å². The number of benzene rings is 1. The van der Waals surface area contributed by atoms with Crippen LogP contribution in [0, 0.1) is 5.92 Å². The van der Waals surface area contributed by atoms with E-state index < -0.39 is 0 Å². The first-order chi connectivity index (χ1) is 12.4. The molecule has 0 saturated carbocycles. The maximum atomic E-state index is 12.6. The Morgan fingerprint density at radius 3 is 2.85 bits per heavy atom. The van der Waals surface area contributed by atoms with Crippen LogP contribution in [-0.4, -0.2) is 49.7 Å². The molecular weight excluding hydrogens is 328 g/mol. The molecule has 5 nitrogen and oxygen atoms in total. The minimum Gasteiger partial charge on any atom is -0.493 e. The lowest BCUT2D eigenvalue weighted by molar-refractivity contribution is 0.0657. The number of methoxy groups -OCH3 is 1. The Balaban J connectivity index is 1.99. The summed E-state index contributed by atoms with van der Waals surface area (Å²) in [6.45, 7) is 13.5. The first-order valence-corrected chi connectivity index (χ1v) is 9.32. The summed E-state index contributed by atoms with van der Waals surface area (Å²) in [5.41, 5.74) is 0.497. The first kappa shape index (κ1) is 20.3. The number of carbonyl (C=O) groups excluding carboxylic acids is 1. The van der Waals surface area contributed by atoms with Gasteiger partial charge in [0, 0.05) is 24.2 Å². The molecule has 26 heavy (non-hydrogen) atoms. The molecule has 1 fully saturated rings. The normalized spacial score (nSPS) is 18.2. The molecule has 5 heteroatoms. The summed E-state index contributed by atoms with van der Waals surface area (Å²) in [5.74, 6) is 1.76. The lowest BCUT2D eigenvalue weighted by Crippen LogP contribution is -2.54. The van der Waals surface area contributed by atoms with E-state index in [0.29, 0.717) is 36.1 Å². The number of nitrogens with zero attached hydrogens (tertiary/aromatic N) is 1. The molecule has 1 unspecified atom stereocenters. The number of hydrogen-bond donors (Lipinski definition) is 1. The van der Waals surface area contributed by atoms with E-state index in [1.54, 1.807) is 31.4 Å². The zero-order chi connectivity index (χ0) is 19.2. The third-order valence-corrected chi connectivity index (χ3v) is 4.98. The van der Waals surface area contributed by atoms with Gasteiger partial charge in [0.2, 0.25) is 0 Å². The van der Waals surface area contributed by atoms with Gasteiger partial charge in [-0.1, -0.05) is 19.6 Å². The minimum absolute atomic E-state index is 0.0680. The van der Waals surface area contributed by atoms with Crippen molar-refractivity contribution in [2.24, 2.45) is 5.92 Å². The van der Waals surface area contributed by atoms with Gasteiger partial charge in [-0.15, -0.1) is 0 Å². The number of piperidine rings is 1. The van der Waals surface area contributed by atoms with E-state index in [-0.39, 0.29) is 11.4 Å². The van der Waals surface area contributed by atoms with E-state index in [2.05, 4.69) is 37.6 Å². The standard InChI is InChI=1S/C21H32N2O3/c1-6-12-26-18-10-9-17(13-19(18)25-5)20(24)22-15-21(3,4)23-11-7-8-16(2)14-23/h6,9-10,13,16H,1,7-8,11-12,14-15H2,2-5H3,(H,22,24). The van der Waals surface area contributed by atoms with Crippen molar-refractivity contribution in [2.45, 2.75) is 39.2 Å². The number of amides is 1. The van der Waals surface area contributed by atoms with Crippen LogP contribution in [-0.2, 0) is 0 Å². The maximum absolute atomic E-state index is 12.6. The zero-order valence-electron chi connectivity index (χ0n) is 16.5. The van der Waals surface area contributed by atoms with E-state index in [1.807, 2.05) is 0 Å². The summed E-state index contributed by atoms with van der Waals surface area (Å²) in [6, 6.07) is 5.23. The third-order valence-electron chi connectivity index (χ3n) is 4.98. The number of hydrogen-bond acceptors (Lipinski definition) is 4. The highest BCUT2D eigenvalue weighted by molar-refractivity contribution is 5.94. The Morgan fingerprint density at radius 1 is 1.42 bits per heavy atom. The van der Waals surface area contributed by atoms with Crippen LogP contribution in [0.2, 0.25) is 0 Å². The van der Waals surface area contributed by atoms with Crippen molar-refractivity contribution in [3.05, 3.63) is 36.4 Å². The molecule has 0 aromatic heterocycles. The summed E-state index contributed by atoms with van der Waals surface area (Å²) in [5, 5.41) is 3.07. The number of ether oxygens (including phenoxy) is 2. The maximum Gasteiger partial charge on any atom is 0.251 e. The summed E-state index contributed by atoms with van der Waals surface area (Å²) < 4.78 is 10.9. The van der Waals surface area contributed by atoms with Crippen LogP contribution in [0.5, 0.6) is 11.5 Å². The molecule has 1 heterocycles. The smallest absolute Gasteiger partial charge is 0.251 e. The molecule has 1 aliphatic rings. The quantitative estimate of drug-likeness (QED) is 0.721. The molecule has 144 valence electrons. The first-order valence-electron chi connectivity index (χ1n) is 9.32. The highest BCUT2D eigenvalue weighted by Gasteiger charge is 2.30. The third kappa shape index (κ3) is 5.24. The predicted molar refractivity (Wildman–Crippen MR) is 105 cm³/mol. The van der Waals surface area contributed by atoms with E-state index in [4.69, 9.17) is 9.47 Å². The van der Waals surface area contributed by atoms with Crippen LogP contribution in [0.3, 0.4) is 0 Å². The molecule has 0 bridgehead atoms. The molecule has 1 amide bonds. The summed E-state index contributed by atoms with van der Waals surface area (Å²) in [4.78, 5) is 15.1. The van der Waals surface area contributed by atoms with E-state index in [9.17, 15) is 4.79 Å². The van der Waals surface area contributed by atoms with Gasteiger partial charge in [-0.05, 0) is 57.4 Å². The second kappa shape index (κ2) is 9.08. The molecule has 1 aromatic rings. The second-order valence-corrected chi connectivity index (χ2v) is 7.65. The van der Waals surface area contributed by atoms with Gasteiger partial charge in [0.15, 0.2) is 11.5 Å². The molecule has 1 aliphatic heterocycles. The number of likely N-dealkylation sites (tertiary alicyclic amines) is 1. The summed E-state index contributed by atoms with van der Waals surface area (Å²) in [7, 11) is 1.57. The Hall–Kier alpha value is -2.01. The second-order valence-electron chi connectivity index (χ2n) is 7.65. The average Bonchev–Trinajstić information content (AvgIpc) is 2.64. The van der Waals surface area contributed by atoms with E-state index in [0.717, 1.165) is 13.1 Å². The van der Waals surface area contributed by atoms with Crippen molar-refractivity contribution in [1.82, 2.24) is 10.2 Å². The SMILES string of the molecule is C=CCOc1ccc(C(=O)NCC(C)(C)N2CCCC(C)C2)cc1OC. The summed E-state index contributed by atoms with van der Waals surface area (Å²) >= 11 is 0. The Morgan fingerprint density at radius 2 is 2.19 bits per heavy atom. The molecule has 1 N–H and O–H groups in total. The molecular formula is C21H32N2O3. The van der Waals surface area contributed by atoms with Crippen molar-refractivity contribution in [3.8, 4) is 11.5 Å². The molecule has 0 spiro atoms. The molecule has 1 aromatic carbocycles. The van der Waals surface area contributed by atoms with Crippen molar-refractivity contribution in [2.75, 3.05) is 33.4 Å². The van der Waals surface area contributed by atoms with Crippen LogP contribution >= 0.6 is 0 Å². The number of rotatable bonds is 8. The average molecular weight is 360 g/mol. The Bertz CT molecular complexity index is 628. The van der Waals surface area contributed by atoms with Crippen molar-refractivity contribution >= 4 is 5.91 Å².